The van der Waals surface area contributed by atoms with Gasteiger partial charge in [0, 0.05) is 18.8 Å². The Balaban J connectivity index is 1.93. The first-order valence-corrected chi connectivity index (χ1v) is 6.86. The smallest absolute Gasteiger partial charge is 0.248 e. The van der Waals surface area contributed by atoms with Crippen LogP contribution in [0.1, 0.15) is 37.3 Å². The Morgan fingerprint density at radius 2 is 1.90 bits per heavy atom. The van der Waals surface area contributed by atoms with Crippen molar-refractivity contribution in [3.63, 3.8) is 0 Å². The van der Waals surface area contributed by atoms with E-state index in [0.717, 1.165) is 5.56 Å². The van der Waals surface area contributed by atoms with Gasteiger partial charge >= 0.3 is 0 Å². The fourth-order valence-electron chi connectivity index (χ4n) is 2.51. The van der Waals surface area contributed by atoms with Crippen molar-refractivity contribution in [2.75, 3.05) is 6.61 Å². The third-order valence-corrected chi connectivity index (χ3v) is 3.79. The summed E-state index contributed by atoms with van der Waals surface area (Å²) in [5.74, 6) is -3.26. The number of aliphatic hydroxyl groups excluding tert-OH is 1. The Hall–Kier alpha value is -1.49. The largest absolute Gasteiger partial charge is 0.394 e. The summed E-state index contributed by atoms with van der Waals surface area (Å²) in [4.78, 5) is 12.1. The molecule has 3 nitrogen and oxygen atoms in total. The van der Waals surface area contributed by atoms with E-state index in [1.54, 1.807) is 0 Å². The van der Waals surface area contributed by atoms with Crippen LogP contribution in [0.25, 0.3) is 0 Å². The highest BCUT2D eigenvalue weighted by Crippen LogP contribution is 2.36. The predicted octanol–water partition coefficient (Wildman–Crippen LogP) is 2.66. The standard InChI is InChI=1S/C15H19F2NO2/c16-15(17)8-6-12(7-9-15)14(20)18-13(10-19)11-4-2-1-3-5-11/h1-5,12-13,19H,6-10H2,(H,18,20)/t13-/m1/s1. The van der Waals surface area contributed by atoms with Crippen LogP contribution in [-0.2, 0) is 4.79 Å². The zero-order chi connectivity index (χ0) is 14.6. The van der Waals surface area contributed by atoms with E-state index in [2.05, 4.69) is 5.32 Å². The fourth-order valence-corrected chi connectivity index (χ4v) is 2.51. The molecule has 2 N–H and O–H groups in total. The highest BCUT2D eigenvalue weighted by molar-refractivity contribution is 5.79. The van der Waals surface area contributed by atoms with Crippen LogP contribution < -0.4 is 5.32 Å². The van der Waals surface area contributed by atoms with E-state index in [0.29, 0.717) is 0 Å². The van der Waals surface area contributed by atoms with Gasteiger partial charge in [-0.3, -0.25) is 4.79 Å². The molecular weight excluding hydrogens is 264 g/mol. The Kier molecular flexibility index (Phi) is 4.70. The average molecular weight is 283 g/mol. The Morgan fingerprint density at radius 3 is 2.45 bits per heavy atom. The number of alkyl halides is 2. The van der Waals surface area contributed by atoms with Crippen molar-refractivity contribution < 1.29 is 18.7 Å². The van der Waals surface area contributed by atoms with E-state index in [-0.39, 0.29) is 44.1 Å². The molecule has 1 aromatic rings. The Labute approximate surface area is 117 Å². The first kappa shape index (κ1) is 14.9. The molecule has 1 saturated carbocycles. The molecule has 0 bridgehead atoms. The van der Waals surface area contributed by atoms with Crippen LogP contribution in [0.5, 0.6) is 0 Å². The first-order valence-electron chi connectivity index (χ1n) is 6.86. The molecule has 0 saturated heterocycles. The van der Waals surface area contributed by atoms with Gasteiger partial charge in [0.15, 0.2) is 0 Å². The average Bonchev–Trinajstić information content (AvgIpc) is 2.45. The normalized spacial score (nSPS) is 20.4. The number of benzene rings is 1. The maximum Gasteiger partial charge on any atom is 0.248 e. The first-order chi connectivity index (χ1) is 9.52. The third kappa shape index (κ3) is 3.76. The van der Waals surface area contributed by atoms with Crippen molar-refractivity contribution in [3.05, 3.63) is 35.9 Å². The van der Waals surface area contributed by atoms with E-state index in [1.165, 1.54) is 0 Å². The highest BCUT2D eigenvalue weighted by atomic mass is 19.3. The van der Waals surface area contributed by atoms with Gasteiger partial charge in [-0.15, -0.1) is 0 Å². The summed E-state index contributed by atoms with van der Waals surface area (Å²) in [6.07, 6.45) is -0.0715. The van der Waals surface area contributed by atoms with Gasteiger partial charge in [-0.05, 0) is 18.4 Å². The molecule has 1 atom stereocenters. The summed E-state index contributed by atoms with van der Waals surface area (Å²) >= 11 is 0. The monoisotopic (exact) mass is 283 g/mol. The van der Waals surface area contributed by atoms with Crippen molar-refractivity contribution in [2.24, 2.45) is 5.92 Å². The topological polar surface area (TPSA) is 49.3 Å². The summed E-state index contributed by atoms with van der Waals surface area (Å²) in [5, 5.41) is 12.1. The van der Waals surface area contributed by atoms with Gasteiger partial charge in [0.2, 0.25) is 11.8 Å². The second-order valence-electron chi connectivity index (χ2n) is 5.28. The maximum atomic E-state index is 13.1. The van der Waals surface area contributed by atoms with E-state index in [4.69, 9.17) is 0 Å². The number of aliphatic hydroxyl groups is 1. The molecule has 0 heterocycles. The quantitative estimate of drug-likeness (QED) is 0.892. The fraction of sp³-hybridized carbons (Fsp3) is 0.533. The molecule has 1 aromatic carbocycles. The summed E-state index contributed by atoms with van der Waals surface area (Å²) in [5.41, 5.74) is 0.810. The number of rotatable bonds is 4. The van der Waals surface area contributed by atoms with E-state index < -0.39 is 12.0 Å². The molecule has 1 aliphatic rings. The lowest BCUT2D eigenvalue weighted by Gasteiger charge is -2.28. The minimum Gasteiger partial charge on any atom is -0.394 e. The summed E-state index contributed by atoms with van der Waals surface area (Å²) in [7, 11) is 0. The van der Waals surface area contributed by atoms with Gasteiger partial charge < -0.3 is 10.4 Å². The second-order valence-corrected chi connectivity index (χ2v) is 5.28. The van der Waals surface area contributed by atoms with Gasteiger partial charge in [-0.2, -0.15) is 0 Å². The van der Waals surface area contributed by atoms with Crippen molar-refractivity contribution in [3.8, 4) is 0 Å². The zero-order valence-electron chi connectivity index (χ0n) is 11.2. The van der Waals surface area contributed by atoms with Crippen LogP contribution in [0, 0.1) is 5.92 Å². The van der Waals surface area contributed by atoms with Crippen molar-refractivity contribution in [1.29, 1.82) is 0 Å². The van der Waals surface area contributed by atoms with Gasteiger partial charge in [0.25, 0.3) is 0 Å². The molecule has 0 radical (unpaired) electrons. The van der Waals surface area contributed by atoms with Crippen LogP contribution in [0.4, 0.5) is 8.78 Å². The molecule has 5 heteroatoms. The molecule has 20 heavy (non-hydrogen) atoms. The van der Waals surface area contributed by atoms with Crippen LogP contribution >= 0.6 is 0 Å². The molecule has 1 aliphatic carbocycles. The maximum absolute atomic E-state index is 13.1. The number of carbonyl (C=O) groups excluding carboxylic acids is 1. The van der Waals surface area contributed by atoms with Gasteiger partial charge in [-0.25, -0.2) is 8.78 Å². The lowest BCUT2D eigenvalue weighted by Crippen LogP contribution is -2.38. The molecule has 0 aromatic heterocycles. The molecule has 0 spiro atoms. The molecule has 1 fully saturated rings. The number of hydrogen-bond donors (Lipinski definition) is 2. The molecule has 1 amide bonds. The van der Waals surface area contributed by atoms with Crippen LogP contribution in [0.2, 0.25) is 0 Å². The van der Waals surface area contributed by atoms with Gasteiger partial charge in [-0.1, -0.05) is 30.3 Å². The Morgan fingerprint density at radius 1 is 1.30 bits per heavy atom. The summed E-state index contributed by atoms with van der Waals surface area (Å²) < 4.78 is 26.1. The number of amides is 1. The van der Waals surface area contributed by atoms with Crippen LogP contribution in [0.3, 0.4) is 0 Å². The zero-order valence-corrected chi connectivity index (χ0v) is 11.2. The van der Waals surface area contributed by atoms with Crippen molar-refractivity contribution in [2.45, 2.75) is 37.6 Å². The summed E-state index contributed by atoms with van der Waals surface area (Å²) in [6.45, 7) is -0.210. The van der Waals surface area contributed by atoms with E-state index >= 15 is 0 Å². The third-order valence-electron chi connectivity index (χ3n) is 3.79. The van der Waals surface area contributed by atoms with E-state index in [9.17, 15) is 18.7 Å². The van der Waals surface area contributed by atoms with Crippen molar-refractivity contribution >= 4 is 5.91 Å². The minimum atomic E-state index is -2.63. The summed E-state index contributed by atoms with van der Waals surface area (Å²) in [6, 6.07) is 8.65. The number of nitrogens with one attached hydrogen (secondary N) is 1. The van der Waals surface area contributed by atoms with Gasteiger partial charge in [0.1, 0.15) is 0 Å². The number of carbonyl (C=O) groups is 1. The molecular formula is C15H19F2NO2. The lowest BCUT2D eigenvalue weighted by molar-refractivity contribution is -0.130. The van der Waals surface area contributed by atoms with Crippen LogP contribution in [-0.4, -0.2) is 23.5 Å². The van der Waals surface area contributed by atoms with Crippen molar-refractivity contribution in [1.82, 2.24) is 5.32 Å². The second kappa shape index (κ2) is 6.31. The predicted molar refractivity (Wildman–Crippen MR) is 71.3 cm³/mol. The lowest BCUT2D eigenvalue weighted by atomic mass is 9.86. The molecule has 110 valence electrons. The van der Waals surface area contributed by atoms with E-state index in [1.807, 2.05) is 30.3 Å². The molecule has 0 aliphatic heterocycles. The highest BCUT2D eigenvalue weighted by Gasteiger charge is 2.37. The molecule has 2 rings (SSSR count). The minimum absolute atomic E-state index is 0.200. The number of halogens is 2. The molecule has 0 unspecified atom stereocenters. The number of hydrogen-bond acceptors (Lipinski definition) is 2. The van der Waals surface area contributed by atoms with Crippen LogP contribution in [0.15, 0.2) is 30.3 Å². The van der Waals surface area contributed by atoms with Gasteiger partial charge in [0.05, 0.1) is 12.6 Å². The SMILES string of the molecule is O=C(N[C@H](CO)c1ccccc1)C1CCC(F)(F)CC1. The Bertz CT molecular complexity index is 440.